The van der Waals surface area contributed by atoms with Crippen molar-refractivity contribution in [2.45, 2.75) is 0 Å². The monoisotopic (exact) mass is 392 g/mol. The van der Waals surface area contributed by atoms with E-state index >= 15 is 0 Å². The summed E-state index contributed by atoms with van der Waals surface area (Å²) >= 11 is 17.9. The Labute approximate surface area is 148 Å². The van der Waals surface area contributed by atoms with Gasteiger partial charge in [0.25, 0.3) is 5.91 Å². The summed E-state index contributed by atoms with van der Waals surface area (Å²) in [5.74, 6) is -0.545. The van der Waals surface area contributed by atoms with Crippen LogP contribution in [0.2, 0.25) is 15.1 Å². The number of rotatable bonds is 4. The van der Waals surface area contributed by atoms with Crippen molar-refractivity contribution in [3.63, 3.8) is 0 Å². The molecule has 23 heavy (non-hydrogen) atoms. The fourth-order valence-corrected chi connectivity index (χ4v) is 2.87. The van der Waals surface area contributed by atoms with Gasteiger partial charge in [-0.05, 0) is 30.3 Å². The smallest absolute Gasteiger partial charge is 0.257 e. The lowest BCUT2D eigenvalue weighted by atomic mass is 10.2. The minimum atomic E-state index is -3.47. The van der Waals surface area contributed by atoms with E-state index in [1.165, 1.54) is 18.2 Å². The summed E-state index contributed by atoms with van der Waals surface area (Å²) in [4.78, 5) is 12.3. The Hall–Kier alpha value is -1.47. The van der Waals surface area contributed by atoms with Crippen molar-refractivity contribution in [1.29, 1.82) is 0 Å². The second-order valence-corrected chi connectivity index (χ2v) is 7.57. The number of halogens is 3. The molecular weight excluding hydrogens is 383 g/mol. The number of nitrogens with one attached hydrogen (secondary N) is 2. The molecular formula is C14H11Cl3N2O3S. The summed E-state index contributed by atoms with van der Waals surface area (Å²) in [6.07, 6.45) is 1.01. The van der Waals surface area contributed by atoms with Crippen molar-refractivity contribution in [3.05, 3.63) is 57.0 Å². The van der Waals surface area contributed by atoms with Crippen LogP contribution in [0.3, 0.4) is 0 Å². The third kappa shape index (κ3) is 4.75. The third-order valence-electron chi connectivity index (χ3n) is 2.71. The molecule has 9 heteroatoms. The molecule has 0 saturated heterocycles. The van der Waals surface area contributed by atoms with Crippen molar-refractivity contribution in [2.24, 2.45) is 0 Å². The predicted molar refractivity (Wildman–Crippen MR) is 94.3 cm³/mol. The predicted octanol–water partition coefficient (Wildman–Crippen LogP) is 4.27. The quantitative estimate of drug-likeness (QED) is 0.814. The van der Waals surface area contributed by atoms with Crippen LogP contribution in [0, 0.1) is 0 Å². The number of anilines is 2. The lowest BCUT2D eigenvalue weighted by Gasteiger charge is -2.11. The van der Waals surface area contributed by atoms with Crippen LogP contribution < -0.4 is 10.0 Å². The lowest BCUT2D eigenvalue weighted by molar-refractivity contribution is 0.102. The molecule has 2 aromatic carbocycles. The van der Waals surface area contributed by atoms with Crippen molar-refractivity contribution in [3.8, 4) is 0 Å². The fraction of sp³-hybridized carbons (Fsp3) is 0.0714. The van der Waals surface area contributed by atoms with Crippen molar-refractivity contribution in [1.82, 2.24) is 0 Å². The molecule has 0 spiro atoms. The number of hydrogen-bond acceptors (Lipinski definition) is 3. The van der Waals surface area contributed by atoms with Crippen LogP contribution in [-0.4, -0.2) is 20.6 Å². The van der Waals surface area contributed by atoms with Gasteiger partial charge in [0.05, 0.1) is 32.6 Å². The van der Waals surface area contributed by atoms with Gasteiger partial charge in [0.2, 0.25) is 10.0 Å². The average molecular weight is 394 g/mol. The molecule has 0 atom stereocenters. The number of carbonyl (C=O) groups excluding carboxylic acids is 1. The molecule has 2 rings (SSSR count). The zero-order valence-corrected chi connectivity index (χ0v) is 14.8. The van der Waals surface area contributed by atoms with Gasteiger partial charge in [0, 0.05) is 5.69 Å². The van der Waals surface area contributed by atoms with Crippen molar-refractivity contribution in [2.75, 3.05) is 16.3 Å². The van der Waals surface area contributed by atoms with Crippen molar-refractivity contribution >= 4 is 62.1 Å². The molecule has 0 aromatic heterocycles. The molecule has 0 aliphatic rings. The van der Waals surface area contributed by atoms with Crippen LogP contribution in [0.15, 0.2) is 36.4 Å². The van der Waals surface area contributed by atoms with E-state index in [1.807, 2.05) is 0 Å². The highest BCUT2D eigenvalue weighted by Gasteiger charge is 2.15. The molecule has 5 nitrogen and oxygen atoms in total. The Kier molecular flexibility index (Phi) is 5.41. The van der Waals surface area contributed by atoms with Crippen molar-refractivity contribution < 1.29 is 13.2 Å². The SMILES string of the molecule is CS(=O)(=O)Nc1ccc(Cl)c(C(=O)Nc2cccc(Cl)c2Cl)c1. The van der Waals surface area contributed by atoms with Gasteiger partial charge in [-0.3, -0.25) is 9.52 Å². The highest BCUT2D eigenvalue weighted by Crippen LogP contribution is 2.30. The first kappa shape index (κ1) is 17.9. The minimum Gasteiger partial charge on any atom is -0.321 e. The molecule has 0 saturated carbocycles. The van der Waals surface area contributed by atoms with E-state index in [2.05, 4.69) is 10.0 Å². The van der Waals surface area contributed by atoms with E-state index in [9.17, 15) is 13.2 Å². The Morgan fingerprint density at radius 1 is 1.04 bits per heavy atom. The van der Waals surface area contributed by atoms with E-state index in [1.54, 1.807) is 18.2 Å². The topological polar surface area (TPSA) is 75.3 Å². The average Bonchev–Trinajstić information content (AvgIpc) is 2.44. The van der Waals surface area contributed by atoms with Crippen LogP contribution in [-0.2, 0) is 10.0 Å². The van der Waals surface area contributed by atoms with Gasteiger partial charge in [0.15, 0.2) is 0 Å². The Morgan fingerprint density at radius 2 is 1.74 bits per heavy atom. The lowest BCUT2D eigenvalue weighted by Crippen LogP contribution is -2.14. The van der Waals surface area contributed by atoms with Gasteiger partial charge in [-0.1, -0.05) is 40.9 Å². The normalized spacial score (nSPS) is 11.1. The zero-order chi connectivity index (χ0) is 17.2. The molecule has 0 unspecified atom stereocenters. The largest absolute Gasteiger partial charge is 0.321 e. The Morgan fingerprint density at radius 3 is 2.39 bits per heavy atom. The number of sulfonamides is 1. The maximum atomic E-state index is 12.3. The Bertz CT molecular complexity index is 870. The summed E-state index contributed by atoms with van der Waals surface area (Å²) in [5.41, 5.74) is 0.636. The molecule has 0 heterocycles. The summed E-state index contributed by atoms with van der Waals surface area (Å²) < 4.78 is 24.8. The molecule has 0 aliphatic heterocycles. The maximum Gasteiger partial charge on any atom is 0.257 e. The summed E-state index contributed by atoms with van der Waals surface area (Å²) in [7, 11) is -3.47. The summed E-state index contributed by atoms with van der Waals surface area (Å²) in [6, 6.07) is 9.00. The van der Waals surface area contributed by atoms with E-state index in [4.69, 9.17) is 34.8 Å². The molecule has 0 radical (unpaired) electrons. The number of hydrogen-bond donors (Lipinski definition) is 2. The van der Waals surface area contributed by atoms with Gasteiger partial charge in [-0.15, -0.1) is 0 Å². The van der Waals surface area contributed by atoms with Crippen LogP contribution >= 0.6 is 34.8 Å². The summed E-state index contributed by atoms with van der Waals surface area (Å²) in [5, 5.41) is 3.24. The van der Waals surface area contributed by atoms with Crippen LogP contribution in [0.25, 0.3) is 0 Å². The number of amides is 1. The Balaban J connectivity index is 2.32. The molecule has 1 amide bonds. The van der Waals surface area contributed by atoms with Gasteiger partial charge >= 0.3 is 0 Å². The van der Waals surface area contributed by atoms with Crippen LogP contribution in [0.5, 0.6) is 0 Å². The standard InChI is InChI=1S/C14H11Cl3N2O3S/c1-23(21,22)19-8-5-6-10(15)9(7-8)14(20)18-12-4-2-3-11(16)13(12)17/h2-7,19H,1H3,(H,18,20). The van der Waals surface area contributed by atoms with Gasteiger partial charge in [-0.25, -0.2) is 8.42 Å². The van der Waals surface area contributed by atoms with Crippen LogP contribution in [0.4, 0.5) is 11.4 Å². The molecule has 0 bridgehead atoms. The second kappa shape index (κ2) is 6.97. The second-order valence-electron chi connectivity index (χ2n) is 4.62. The maximum absolute atomic E-state index is 12.3. The van der Waals surface area contributed by atoms with E-state index < -0.39 is 15.9 Å². The fourth-order valence-electron chi connectivity index (χ4n) is 1.77. The number of carbonyl (C=O) groups is 1. The van der Waals surface area contributed by atoms with E-state index in [0.717, 1.165) is 6.26 Å². The molecule has 0 fully saturated rings. The minimum absolute atomic E-state index is 0.0939. The summed E-state index contributed by atoms with van der Waals surface area (Å²) in [6.45, 7) is 0. The van der Waals surface area contributed by atoms with E-state index in [0.29, 0.717) is 10.7 Å². The molecule has 0 aliphatic carbocycles. The van der Waals surface area contributed by atoms with Gasteiger partial charge in [0.1, 0.15) is 0 Å². The van der Waals surface area contributed by atoms with Crippen LogP contribution in [0.1, 0.15) is 10.4 Å². The highest BCUT2D eigenvalue weighted by molar-refractivity contribution is 7.92. The third-order valence-corrected chi connectivity index (χ3v) is 4.47. The first-order valence-corrected chi connectivity index (χ1v) is 9.22. The molecule has 2 N–H and O–H groups in total. The highest BCUT2D eigenvalue weighted by atomic mass is 35.5. The molecule has 122 valence electrons. The van der Waals surface area contributed by atoms with Gasteiger partial charge < -0.3 is 5.32 Å². The first-order chi connectivity index (χ1) is 10.7. The molecule has 2 aromatic rings. The van der Waals surface area contributed by atoms with Gasteiger partial charge in [-0.2, -0.15) is 0 Å². The number of benzene rings is 2. The zero-order valence-electron chi connectivity index (χ0n) is 11.7. The van der Waals surface area contributed by atoms with E-state index in [-0.39, 0.29) is 21.3 Å². The first-order valence-electron chi connectivity index (χ1n) is 6.20.